The van der Waals surface area contributed by atoms with Crippen molar-refractivity contribution in [3.63, 3.8) is 0 Å². The number of hydrogen-bond donors (Lipinski definition) is 3. The molecule has 21 nitrogen and oxygen atoms in total. The Hall–Kier alpha value is -8.71. The summed E-state index contributed by atoms with van der Waals surface area (Å²) in [7, 11) is 3.97. The summed E-state index contributed by atoms with van der Waals surface area (Å²) >= 11 is 26.6. The highest BCUT2D eigenvalue weighted by Crippen LogP contribution is 2.42. The molecule has 0 radical (unpaired) electrons. The number of fused-ring (bicyclic) bond motifs is 4. The summed E-state index contributed by atoms with van der Waals surface area (Å²) in [6.45, 7) is 19.0. The lowest BCUT2D eigenvalue weighted by molar-refractivity contribution is 0.0357. The first-order valence-corrected chi connectivity index (χ1v) is 36.6. The molecule has 7 aromatic rings. The van der Waals surface area contributed by atoms with Gasteiger partial charge in [0.25, 0.3) is 0 Å². The SMILES string of the molecule is CSC1=Nc2cc(OCCCN3CCOCC3)c(C#N)cc2C(c2ccccc2Cl)=NC1=C(C)N(C)C.Cc1[nH]nc2c1N=C(c1ccccc1Cl)c1cc(C#N)c(OCCCN3CCOCC3)cc1N2.N#Cc1cc2c(cc1OCCCN1CCOCC1)NC(=S)CN=C2c1ccccc1Cl. The van der Waals surface area contributed by atoms with Gasteiger partial charge in [-0.1, -0.05) is 102 Å². The number of thioether (sulfide) groups is 1. The van der Waals surface area contributed by atoms with E-state index in [1.54, 1.807) is 6.07 Å². The van der Waals surface area contributed by atoms with Gasteiger partial charge in [-0.3, -0.25) is 24.8 Å². The van der Waals surface area contributed by atoms with Gasteiger partial charge in [-0.05, 0) is 75.8 Å². The number of nitrogens with one attached hydrogen (secondary N) is 3. The van der Waals surface area contributed by atoms with Crippen molar-refractivity contribution >= 4 is 115 Å². The summed E-state index contributed by atoms with van der Waals surface area (Å²) in [5.41, 5.74) is 13.6. The molecule has 0 amide bonds. The second-order valence-electron chi connectivity index (χ2n) is 24.7. The quantitative estimate of drug-likeness (QED) is 0.0503. The lowest BCUT2D eigenvalue weighted by Gasteiger charge is -2.26. The fourth-order valence-corrected chi connectivity index (χ4v) is 13.5. The Kier molecular flexibility index (Phi) is 26.6. The molecular formula is C76H80Cl3N15O6S2. The van der Waals surface area contributed by atoms with Gasteiger partial charge in [0, 0.05) is 145 Å². The van der Waals surface area contributed by atoms with Crippen LogP contribution in [0.3, 0.4) is 0 Å². The molecule has 3 N–H and O–H groups in total. The maximum absolute atomic E-state index is 10.00. The van der Waals surface area contributed by atoms with E-state index in [2.05, 4.69) is 58.7 Å². The fraction of sp³-hybridized carbons (Fsp3) is 0.355. The van der Waals surface area contributed by atoms with Crippen molar-refractivity contribution < 1.29 is 28.4 Å². The zero-order chi connectivity index (χ0) is 71.5. The summed E-state index contributed by atoms with van der Waals surface area (Å²) in [5.74, 6) is 2.22. The number of allylic oxidation sites excluding steroid dienone is 1. The number of nitriles is 3. The number of morpholine rings is 3. The molecule has 0 spiro atoms. The summed E-state index contributed by atoms with van der Waals surface area (Å²) in [6, 6.07) is 40.5. The van der Waals surface area contributed by atoms with Crippen molar-refractivity contribution in [2.75, 3.05) is 156 Å². The number of H-pyrrole nitrogens is 1. The Bertz CT molecular complexity index is 4480. The van der Waals surface area contributed by atoms with E-state index in [0.717, 1.165) is 185 Å². The van der Waals surface area contributed by atoms with Crippen LogP contribution in [0.1, 0.15) is 82.0 Å². The van der Waals surface area contributed by atoms with Gasteiger partial charge < -0.3 is 44.0 Å². The monoisotopic (exact) mass is 1470 g/mol. The zero-order valence-electron chi connectivity index (χ0n) is 57.7. The molecule has 1 aromatic heterocycles. The van der Waals surface area contributed by atoms with Crippen LogP contribution in [0.15, 0.2) is 141 Å². The van der Waals surface area contributed by atoms with Gasteiger partial charge in [-0.2, -0.15) is 20.9 Å². The minimum absolute atomic E-state index is 0.349. The second-order valence-corrected chi connectivity index (χ2v) is 27.2. The van der Waals surface area contributed by atoms with Crippen LogP contribution in [0.5, 0.6) is 17.2 Å². The number of rotatable bonds is 19. The molecule has 6 aliphatic rings. The summed E-state index contributed by atoms with van der Waals surface area (Å²) in [4.78, 5) is 29.4. The molecule has 7 heterocycles. The van der Waals surface area contributed by atoms with E-state index >= 15 is 0 Å². The van der Waals surface area contributed by atoms with E-state index in [-0.39, 0.29) is 0 Å². The molecule has 0 aliphatic carbocycles. The zero-order valence-corrected chi connectivity index (χ0v) is 61.6. The molecule has 0 unspecified atom stereocenters. The minimum atomic E-state index is 0.349. The second kappa shape index (κ2) is 36.4. The Morgan fingerprint density at radius 3 is 1.44 bits per heavy atom. The molecule has 6 aliphatic heterocycles. The average Bonchev–Trinajstić information content (AvgIpc) is 1.56. The largest absolute Gasteiger partial charge is 0.492 e. The lowest BCUT2D eigenvalue weighted by Crippen LogP contribution is -2.37. The van der Waals surface area contributed by atoms with Gasteiger partial charge in [0.2, 0.25) is 0 Å². The predicted octanol–water partition coefficient (Wildman–Crippen LogP) is 13.8. The molecule has 3 fully saturated rings. The molecule has 0 atom stereocenters. The van der Waals surface area contributed by atoms with E-state index in [4.69, 9.17) is 90.4 Å². The number of aromatic amines is 1. The average molecular weight is 1470 g/mol. The number of thiocarbonyl (C=S) groups is 1. The molecular weight excluding hydrogens is 1390 g/mol. The highest BCUT2D eigenvalue weighted by molar-refractivity contribution is 8.13. The third-order valence-corrected chi connectivity index (χ3v) is 19.6. The molecule has 6 aromatic carbocycles. The number of aliphatic imine (C=N–C) groups is 4. The van der Waals surface area contributed by atoms with Crippen molar-refractivity contribution in [2.45, 2.75) is 33.1 Å². The first-order valence-electron chi connectivity index (χ1n) is 33.9. The Morgan fingerprint density at radius 1 is 0.569 bits per heavy atom. The first-order chi connectivity index (χ1) is 49.7. The third kappa shape index (κ3) is 18.7. The molecule has 26 heteroatoms. The van der Waals surface area contributed by atoms with Crippen LogP contribution in [0.2, 0.25) is 15.1 Å². The van der Waals surface area contributed by atoms with Gasteiger partial charge >= 0.3 is 0 Å². The van der Waals surface area contributed by atoms with Crippen LogP contribution < -0.4 is 24.8 Å². The number of ether oxygens (including phenoxy) is 6. The Labute approximate surface area is 620 Å². The molecule has 528 valence electrons. The smallest absolute Gasteiger partial charge is 0.178 e. The van der Waals surface area contributed by atoms with Gasteiger partial charge in [-0.25, -0.2) is 15.0 Å². The molecule has 102 heavy (non-hydrogen) atoms. The maximum Gasteiger partial charge on any atom is 0.178 e. The van der Waals surface area contributed by atoms with Crippen molar-refractivity contribution in [1.29, 1.82) is 15.8 Å². The summed E-state index contributed by atoms with van der Waals surface area (Å²) in [5, 5.41) is 46.1. The van der Waals surface area contributed by atoms with Crippen LogP contribution >= 0.6 is 58.8 Å². The number of hydrogen-bond acceptors (Lipinski definition) is 21. The minimum Gasteiger partial charge on any atom is -0.492 e. The van der Waals surface area contributed by atoms with E-state index in [9.17, 15) is 15.8 Å². The number of anilines is 3. The number of halogens is 3. The Balaban J connectivity index is 0.000000154. The highest BCUT2D eigenvalue weighted by Gasteiger charge is 2.29. The fourth-order valence-electron chi connectivity index (χ4n) is 12.1. The molecule has 13 rings (SSSR count). The van der Waals surface area contributed by atoms with Crippen LogP contribution in [0, 0.1) is 40.9 Å². The lowest BCUT2D eigenvalue weighted by atomic mass is 9.98. The summed E-state index contributed by atoms with van der Waals surface area (Å²) in [6.07, 6.45) is 4.59. The highest BCUT2D eigenvalue weighted by atomic mass is 35.5. The van der Waals surface area contributed by atoms with E-state index < -0.39 is 0 Å². The molecule has 0 saturated carbocycles. The van der Waals surface area contributed by atoms with Crippen molar-refractivity contribution in [3.05, 3.63) is 191 Å². The number of aromatic nitrogens is 2. The van der Waals surface area contributed by atoms with Crippen molar-refractivity contribution in [1.82, 2.24) is 29.8 Å². The topological polar surface area (TPSA) is 242 Å². The maximum atomic E-state index is 10.00. The van der Waals surface area contributed by atoms with Gasteiger partial charge in [0.05, 0.1) is 123 Å². The van der Waals surface area contributed by atoms with Gasteiger partial charge in [0.1, 0.15) is 56.9 Å². The van der Waals surface area contributed by atoms with E-state index in [1.165, 1.54) is 11.8 Å². The van der Waals surface area contributed by atoms with Crippen LogP contribution in [-0.4, -0.2) is 202 Å². The van der Waals surface area contributed by atoms with Gasteiger partial charge in [0.15, 0.2) is 5.82 Å². The number of nitrogens with zero attached hydrogens (tertiary/aromatic N) is 12. The predicted molar refractivity (Wildman–Crippen MR) is 411 cm³/mol. The van der Waals surface area contributed by atoms with Crippen LogP contribution in [0.4, 0.5) is 28.6 Å². The van der Waals surface area contributed by atoms with Crippen molar-refractivity contribution in [2.24, 2.45) is 20.0 Å². The standard InChI is InChI=1S/C28H32ClN5O2S.C25H25ClN6O2.C23H23ClN4O2S/c1-19(33(2)3)26-28(37-4)31-24-17-25(36-13-7-10-34-11-14-35-15-12-34)20(18-30)16-22(24)27(32-26)21-8-5-6-9-23(21)29;1-16-23-25(31-30-16)28-21-14-22(34-10-4-7-32-8-11-33-12-9-32)17(15-27)13-19(21)24(29-23)18-5-2-3-6-20(18)26;24-19-5-2-1-4-17(19)23-18-12-16(14-25)21(13-20(18)27-22(31)15-26-23)30-9-3-6-28-7-10-29-11-8-28/h5-6,8-9,16-17H,7,10-15H2,1-4H3;2-3,5-6,13-14H,4,7-12H2,1H3,(H2,28,30,31);1-2,4-5,12-13H,3,6-11,15H2,(H,27,31). The van der Waals surface area contributed by atoms with E-state index in [0.29, 0.717) is 115 Å². The van der Waals surface area contributed by atoms with Gasteiger partial charge in [-0.15, -0.1) is 11.8 Å². The summed E-state index contributed by atoms with van der Waals surface area (Å²) < 4.78 is 34.4. The third-order valence-electron chi connectivity index (χ3n) is 17.7. The van der Waals surface area contributed by atoms with Crippen LogP contribution in [-0.2, 0) is 14.2 Å². The van der Waals surface area contributed by atoms with Crippen molar-refractivity contribution in [3.8, 4) is 35.5 Å². The molecule has 3 saturated heterocycles. The Morgan fingerprint density at radius 2 is 0.990 bits per heavy atom. The number of benzodiazepines with no additional fused rings is 1. The normalized spacial score (nSPS) is 16.4. The number of aryl methyl sites for hydroxylation is 1. The number of benzene rings is 6. The van der Waals surface area contributed by atoms with Crippen LogP contribution in [0.25, 0.3) is 0 Å². The van der Waals surface area contributed by atoms with E-state index in [1.807, 2.05) is 142 Å². The first kappa shape index (κ1) is 74.5. The molecule has 0 bridgehead atoms.